The molecule has 46 heavy (non-hydrogen) atoms. The Morgan fingerprint density at radius 1 is 1.11 bits per heavy atom. The highest BCUT2D eigenvalue weighted by atomic mass is 16.9. The Morgan fingerprint density at radius 3 is 2.54 bits per heavy atom. The van der Waals surface area contributed by atoms with Gasteiger partial charge in [-0.2, -0.15) is 5.26 Å². The summed E-state index contributed by atoms with van der Waals surface area (Å²) in [4.78, 5) is 30.0. The minimum absolute atomic E-state index is 0.0307. The lowest BCUT2D eigenvalue weighted by Gasteiger charge is -2.31. The van der Waals surface area contributed by atoms with Crippen molar-refractivity contribution in [3.63, 3.8) is 0 Å². The summed E-state index contributed by atoms with van der Waals surface area (Å²) in [5.41, 5.74) is 5.21. The number of likely N-dealkylation sites (N-methyl/N-ethyl adjacent to an activating group) is 1. The number of hydrogen-bond acceptors (Lipinski definition) is 9. The van der Waals surface area contributed by atoms with Crippen LogP contribution in [0.25, 0.3) is 0 Å². The van der Waals surface area contributed by atoms with E-state index in [-0.39, 0.29) is 37.0 Å². The number of amides is 1. The molecule has 11 heteroatoms. The number of nitriles is 1. The second-order valence-electron chi connectivity index (χ2n) is 12.2. The maximum atomic E-state index is 12.7. The summed E-state index contributed by atoms with van der Waals surface area (Å²) in [5.74, 6) is 1.34. The van der Waals surface area contributed by atoms with Crippen LogP contribution in [0.2, 0.25) is 0 Å². The largest absolute Gasteiger partial charge is 0.497 e. The van der Waals surface area contributed by atoms with Gasteiger partial charge in [0, 0.05) is 31.6 Å². The first-order chi connectivity index (χ1) is 22.3. The second kappa shape index (κ2) is 20.3. The highest BCUT2D eigenvalue weighted by Gasteiger charge is 2.23. The van der Waals surface area contributed by atoms with Crippen molar-refractivity contribution in [2.75, 3.05) is 47.0 Å². The van der Waals surface area contributed by atoms with Crippen LogP contribution in [0.1, 0.15) is 81.9 Å². The summed E-state index contributed by atoms with van der Waals surface area (Å²) in [6, 6.07) is 18.7. The van der Waals surface area contributed by atoms with E-state index in [9.17, 15) is 20.2 Å². The van der Waals surface area contributed by atoms with Gasteiger partial charge < -0.3 is 14.3 Å². The first-order valence-corrected chi connectivity index (χ1v) is 16.6. The number of carbonyl (C=O) groups is 1. The molecular formula is C35H51N5O6. The third-order valence-corrected chi connectivity index (χ3v) is 8.75. The Labute approximate surface area is 273 Å². The fourth-order valence-electron chi connectivity index (χ4n) is 5.89. The molecule has 3 rings (SSSR count). The van der Waals surface area contributed by atoms with Gasteiger partial charge in [0.25, 0.3) is 11.0 Å². The highest BCUT2D eigenvalue weighted by Crippen LogP contribution is 2.30. The van der Waals surface area contributed by atoms with E-state index in [0.29, 0.717) is 31.7 Å². The molecule has 2 aromatic rings. The number of nitrogens with zero attached hydrogens (tertiary/aromatic N) is 4. The molecule has 0 radical (unpaired) electrons. The molecule has 11 nitrogen and oxygen atoms in total. The third kappa shape index (κ3) is 13.2. The molecule has 252 valence electrons. The van der Waals surface area contributed by atoms with Crippen LogP contribution in [0.3, 0.4) is 0 Å². The van der Waals surface area contributed by atoms with Crippen LogP contribution in [0, 0.1) is 33.3 Å². The molecule has 2 aromatic carbocycles. The lowest BCUT2D eigenvalue weighted by Crippen LogP contribution is -2.48. The number of benzene rings is 2. The molecule has 1 N–H and O–H groups in total. The Morgan fingerprint density at radius 2 is 1.87 bits per heavy atom. The van der Waals surface area contributed by atoms with Gasteiger partial charge in [-0.25, -0.2) is 5.01 Å². The fraction of sp³-hybridized carbons (Fsp3) is 0.600. The van der Waals surface area contributed by atoms with Crippen LogP contribution in [-0.2, 0) is 16.1 Å². The standard InChI is InChI=1S/C35H51N5O6/c1-4-5-6-7-9-29(25-36)14-17-34(38(2)21-18-28-12-15-32(44-3)16-13-28)31-10-8-11-33(24-31)45-27-35(41)37-39-22-19-30(20-23-39)26-46-40(42)43/h8,10-13,15-16,24,29-30,34H,4-7,9,14,17-23,26-27H2,1-3H3,(H,37,41). The third-order valence-electron chi connectivity index (χ3n) is 8.75. The van der Waals surface area contributed by atoms with Crippen molar-refractivity contribution < 1.29 is 24.2 Å². The van der Waals surface area contributed by atoms with Crippen LogP contribution in [0.15, 0.2) is 48.5 Å². The Balaban J connectivity index is 1.59. The Hall–Kier alpha value is -3.88. The molecule has 0 aromatic heterocycles. The van der Waals surface area contributed by atoms with E-state index in [1.54, 1.807) is 7.11 Å². The zero-order valence-electron chi connectivity index (χ0n) is 27.7. The average Bonchev–Trinajstić information content (AvgIpc) is 3.07. The summed E-state index contributed by atoms with van der Waals surface area (Å²) < 4.78 is 11.2. The Bertz CT molecular complexity index is 1230. The monoisotopic (exact) mass is 637 g/mol. The van der Waals surface area contributed by atoms with Crippen LogP contribution < -0.4 is 14.9 Å². The van der Waals surface area contributed by atoms with E-state index < -0.39 is 5.09 Å². The zero-order valence-corrected chi connectivity index (χ0v) is 27.7. The number of ether oxygens (including phenoxy) is 2. The molecule has 0 spiro atoms. The topological polar surface area (TPSA) is 130 Å². The van der Waals surface area contributed by atoms with Crippen molar-refractivity contribution in [1.29, 1.82) is 5.26 Å². The van der Waals surface area contributed by atoms with Crippen LogP contribution in [0.4, 0.5) is 0 Å². The van der Waals surface area contributed by atoms with E-state index in [1.807, 2.05) is 35.3 Å². The van der Waals surface area contributed by atoms with Crippen molar-refractivity contribution in [2.24, 2.45) is 11.8 Å². The predicted molar refractivity (Wildman–Crippen MR) is 176 cm³/mol. The maximum absolute atomic E-state index is 12.7. The molecule has 0 saturated carbocycles. The minimum atomic E-state index is -0.762. The van der Waals surface area contributed by atoms with Gasteiger partial charge in [0.1, 0.15) is 11.5 Å². The smallest absolute Gasteiger partial charge is 0.294 e. The number of hydrogen-bond donors (Lipinski definition) is 1. The lowest BCUT2D eigenvalue weighted by molar-refractivity contribution is -0.759. The van der Waals surface area contributed by atoms with Crippen molar-refractivity contribution in [3.05, 3.63) is 69.8 Å². The molecule has 1 heterocycles. The van der Waals surface area contributed by atoms with Gasteiger partial charge in [-0.1, -0.05) is 56.9 Å². The number of piperidine rings is 1. The molecular weight excluding hydrogens is 586 g/mol. The maximum Gasteiger partial charge on any atom is 0.294 e. The number of nitrogens with one attached hydrogen (secondary N) is 1. The van der Waals surface area contributed by atoms with E-state index in [1.165, 1.54) is 24.8 Å². The molecule has 1 amide bonds. The zero-order chi connectivity index (χ0) is 33.1. The summed E-state index contributed by atoms with van der Waals surface area (Å²) in [7, 11) is 3.80. The van der Waals surface area contributed by atoms with E-state index in [0.717, 1.165) is 50.0 Å². The molecule has 1 saturated heterocycles. The van der Waals surface area contributed by atoms with Gasteiger partial charge in [-0.3, -0.25) is 15.1 Å². The molecule has 2 unspecified atom stereocenters. The number of methoxy groups -OCH3 is 1. The number of hydrazine groups is 1. The fourth-order valence-corrected chi connectivity index (χ4v) is 5.89. The summed E-state index contributed by atoms with van der Waals surface area (Å²) >= 11 is 0. The molecule has 2 atom stereocenters. The van der Waals surface area contributed by atoms with Crippen molar-refractivity contribution >= 4 is 5.91 Å². The predicted octanol–water partition coefficient (Wildman–Crippen LogP) is 6.13. The van der Waals surface area contributed by atoms with Crippen LogP contribution >= 0.6 is 0 Å². The molecule has 0 bridgehead atoms. The molecule has 1 fully saturated rings. The number of carbonyl (C=O) groups excluding carboxylic acids is 1. The summed E-state index contributed by atoms with van der Waals surface area (Å²) in [6.07, 6.45) is 9.53. The van der Waals surface area contributed by atoms with Gasteiger partial charge in [-0.05, 0) is 86.9 Å². The Kier molecular flexibility index (Phi) is 16.1. The molecule has 1 aliphatic rings. The van der Waals surface area contributed by atoms with Crippen molar-refractivity contribution in [2.45, 2.75) is 77.2 Å². The first kappa shape index (κ1) is 36.6. The quantitative estimate of drug-likeness (QED) is 0.0976. The van der Waals surface area contributed by atoms with E-state index in [2.05, 4.69) is 53.4 Å². The molecule has 1 aliphatic heterocycles. The average molecular weight is 638 g/mol. The van der Waals surface area contributed by atoms with Gasteiger partial charge in [0.05, 0.1) is 19.8 Å². The highest BCUT2D eigenvalue weighted by molar-refractivity contribution is 5.77. The van der Waals surface area contributed by atoms with Crippen LogP contribution in [0.5, 0.6) is 11.5 Å². The van der Waals surface area contributed by atoms with Gasteiger partial charge in [0.15, 0.2) is 6.61 Å². The van der Waals surface area contributed by atoms with Crippen molar-refractivity contribution in [3.8, 4) is 17.6 Å². The van der Waals surface area contributed by atoms with Crippen LogP contribution in [-0.4, -0.2) is 67.9 Å². The van der Waals surface area contributed by atoms with Gasteiger partial charge >= 0.3 is 0 Å². The van der Waals surface area contributed by atoms with Gasteiger partial charge in [-0.15, -0.1) is 10.1 Å². The van der Waals surface area contributed by atoms with E-state index >= 15 is 0 Å². The summed E-state index contributed by atoms with van der Waals surface area (Å²) in [5, 5.41) is 21.4. The first-order valence-electron chi connectivity index (χ1n) is 16.6. The number of unbranched alkanes of at least 4 members (excludes halogenated alkanes) is 3. The lowest BCUT2D eigenvalue weighted by atomic mass is 9.92. The normalized spacial score (nSPS) is 15.1. The SMILES string of the molecule is CCCCCCC(C#N)CCC(c1cccc(OCC(=O)NN2CCC(CO[N+](=O)[O-])CC2)c1)N(C)CCc1ccc(OC)cc1. The second-order valence-corrected chi connectivity index (χ2v) is 12.2. The summed E-state index contributed by atoms with van der Waals surface area (Å²) in [6.45, 7) is 4.19. The van der Waals surface area contributed by atoms with Crippen molar-refractivity contribution in [1.82, 2.24) is 15.3 Å². The molecule has 0 aliphatic carbocycles. The van der Waals surface area contributed by atoms with E-state index in [4.69, 9.17) is 9.47 Å². The minimum Gasteiger partial charge on any atom is -0.497 e. The number of rotatable bonds is 21. The van der Waals surface area contributed by atoms with Gasteiger partial charge in [0.2, 0.25) is 0 Å².